The van der Waals surface area contributed by atoms with E-state index < -0.39 is 0 Å². The number of thiazole rings is 1. The predicted molar refractivity (Wildman–Crippen MR) is 127 cm³/mol. The van der Waals surface area contributed by atoms with E-state index in [0.29, 0.717) is 18.9 Å². The molecule has 1 fully saturated rings. The lowest BCUT2D eigenvalue weighted by molar-refractivity contribution is -0.116. The predicted octanol–water partition coefficient (Wildman–Crippen LogP) is 3.14. The molecule has 7 nitrogen and oxygen atoms in total. The van der Waals surface area contributed by atoms with Crippen molar-refractivity contribution in [2.45, 2.75) is 26.3 Å². The zero-order chi connectivity index (χ0) is 19.1. The van der Waals surface area contributed by atoms with Crippen LogP contribution in [0.4, 0.5) is 10.8 Å². The van der Waals surface area contributed by atoms with Crippen LogP contribution in [0.25, 0.3) is 0 Å². The van der Waals surface area contributed by atoms with Crippen molar-refractivity contribution in [3.8, 4) is 0 Å². The monoisotopic (exact) mass is 514 g/mol. The summed E-state index contributed by atoms with van der Waals surface area (Å²) in [4.78, 5) is 25.0. The number of aromatic nitrogens is 1. The molecule has 1 aliphatic heterocycles. The Kier molecular flexibility index (Phi) is 8.97. The van der Waals surface area contributed by atoms with Crippen molar-refractivity contribution >= 4 is 58.0 Å². The summed E-state index contributed by atoms with van der Waals surface area (Å²) in [6.07, 6.45) is 3.20. The number of aliphatic imine (C=N–C) groups is 1. The van der Waals surface area contributed by atoms with Crippen LogP contribution < -0.4 is 16.0 Å². The standard InChI is InChI=1S/C19H26N6OS.HI/c1-2-4-17(26)23-16-6-3-5-15(13-16)14-22-18(20)24-8-10-25(11-9-24)19-21-7-12-27-19;/h3,5-7,12-13H,2,4,8-11,14H2,1H3,(H2,20,22)(H,23,26);1H. The molecular weight excluding hydrogens is 487 g/mol. The molecule has 1 saturated heterocycles. The maximum Gasteiger partial charge on any atom is 0.224 e. The van der Waals surface area contributed by atoms with Gasteiger partial charge in [0.15, 0.2) is 11.1 Å². The molecule has 0 atom stereocenters. The van der Waals surface area contributed by atoms with Crippen molar-refractivity contribution in [2.24, 2.45) is 10.7 Å². The van der Waals surface area contributed by atoms with Crippen molar-refractivity contribution in [3.05, 3.63) is 41.4 Å². The van der Waals surface area contributed by atoms with Gasteiger partial charge in [-0.15, -0.1) is 35.3 Å². The van der Waals surface area contributed by atoms with E-state index in [1.165, 1.54) is 0 Å². The van der Waals surface area contributed by atoms with Gasteiger partial charge in [-0.05, 0) is 24.1 Å². The Morgan fingerprint density at radius 3 is 2.79 bits per heavy atom. The van der Waals surface area contributed by atoms with Gasteiger partial charge in [0.25, 0.3) is 0 Å². The van der Waals surface area contributed by atoms with Gasteiger partial charge in [-0.2, -0.15) is 0 Å². The minimum absolute atomic E-state index is 0. The minimum Gasteiger partial charge on any atom is -0.370 e. The number of carbonyl (C=O) groups excluding carboxylic acids is 1. The Morgan fingerprint density at radius 2 is 2.11 bits per heavy atom. The number of piperazine rings is 1. The SMILES string of the molecule is CCCC(=O)Nc1cccc(CN=C(N)N2CCN(c3nccs3)CC2)c1.I. The Balaban J connectivity index is 0.00000280. The van der Waals surface area contributed by atoms with Gasteiger partial charge in [0.1, 0.15) is 0 Å². The number of nitrogens with one attached hydrogen (secondary N) is 1. The number of hydrogen-bond donors (Lipinski definition) is 2. The van der Waals surface area contributed by atoms with Crippen molar-refractivity contribution in [1.29, 1.82) is 0 Å². The Morgan fingerprint density at radius 1 is 1.32 bits per heavy atom. The van der Waals surface area contributed by atoms with E-state index in [9.17, 15) is 4.79 Å². The number of guanidine groups is 1. The number of carbonyl (C=O) groups is 1. The van der Waals surface area contributed by atoms with Crippen molar-refractivity contribution in [1.82, 2.24) is 9.88 Å². The molecule has 2 aromatic rings. The fraction of sp³-hybridized carbons (Fsp3) is 0.421. The molecule has 2 heterocycles. The van der Waals surface area contributed by atoms with Crippen LogP contribution in [0.5, 0.6) is 0 Å². The van der Waals surface area contributed by atoms with Crippen LogP contribution >= 0.6 is 35.3 Å². The van der Waals surface area contributed by atoms with Crippen molar-refractivity contribution in [2.75, 3.05) is 36.4 Å². The summed E-state index contributed by atoms with van der Waals surface area (Å²) >= 11 is 1.66. The number of nitrogens with two attached hydrogens (primary N) is 1. The van der Waals surface area contributed by atoms with Gasteiger partial charge in [-0.25, -0.2) is 9.98 Å². The molecule has 0 radical (unpaired) electrons. The molecule has 28 heavy (non-hydrogen) atoms. The summed E-state index contributed by atoms with van der Waals surface area (Å²) < 4.78 is 0. The highest BCUT2D eigenvalue weighted by Gasteiger charge is 2.19. The van der Waals surface area contributed by atoms with E-state index in [0.717, 1.165) is 49.0 Å². The molecule has 0 aliphatic carbocycles. The molecule has 1 aliphatic rings. The second kappa shape index (κ2) is 11.2. The van der Waals surface area contributed by atoms with E-state index in [4.69, 9.17) is 5.73 Å². The quantitative estimate of drug-likeness (QED) is 0.352. The molecule has 1 aromatic carbocycles. The van der Waals surface area contributed by atoms with Crippen LogP contribution in [0.15, 0.2) is 40.8 Å². The highest BCUT2D eigenvalue weighted by molar-refractivity contribution is 14.0. The van der Waals surface area contributed by atoms with Crippen LogP contribution in [0, 0.1) is 0 Å². The highest BCUT2D eigenvalue weighted by Crippen LogP contribution is 2.19. The maximum absolute atomic E-state index is 11.7. The number of halogens is 1. The topological polar surface area (TPSA) is 86.8 Å². The fourth-order valence-corrected chi connectivity index (χ4v) is 3.67. The number of amides is 1. The second-order valence-electron chi connectivity index (χ2n) is 6.46. The first-order valence-corrected chi connectivity index (χ1v) is 10.1. The van der Waals surface area contributed by atoms with Gasteiger partial charge in [0, 0.05) is 49.9 Å². The molecule has 3 N–H and O–H groups in total. The lowest BCUT2D eigenvalue weighted by Crippen LogP contribution is -2.51. The summed E-state index contributed by atoms with van der Waals surface area (Å²) in [5.74, 6) is 0.602. The summed E-state index contributed by atoms with van der Waals surface area (Å²) in [7, 11) is 0. The highest BCUT2D eigenvalue weighted by atomic mass is 127. The molecule has 0 bridgehead atoms. The third-order valence-corrected chi connectivity index (χ3v) is 5.24. The van der Waals surface area contributed by atoms with Gasteiger partial charge in [0.2, 0.25) is 5.91 Å². The Labute approximate surface area is 187 Å². The maximum atomic E-state index is 11.7. The fourth-order valence-electron chi connectivity index (χ4n) is 2.97. The van der Waals surface area contributed by atoms with Gasteiger partial charge in [0.05, 0.1) is 6.54 Å². The van der Waals surface area contributed by atoms with E-state index in [1.54, 1.807) is 11.3 Å². The molecule has 1 aromatic heterocycles. The lowest BCUT2D eigenvalue weighted by atomic mass is 10.2. The Hall–Kier alpha value is -1.88. The molecule has 152 valence electrons. The molecule has 0 spiro atoms. The third-order valence-electron chi connectivity index (χ3n) is 4.40. The second-order valence-corrected chi connectivity index (χ2v) is 7.33. The normalized spacial score (nSPS) is 14.5. The number of nitrogens with zero attached hydrogens (tertiary/aromatic N) is 4. The average Bonchev–Trinajstić information content (AvgIpc) is 3.21. The molecule has 3 rings (SSSR count). The smallest absolute Gasteiger partial charge is 0.224 e. The first-order chi connectivity index (χ1) is 13.2. The number of benzene rings is 1. The number of hydrogen-bond acceptors (Lipinski definition) is 5. The van der Waals surface area contributed by atoms with E-state index in [2.05, 4.69) is 25.1 Å². The molecular formula is C19H27IN6OS. The minimum atomic E-state index is 0. The van der Waals surface area contributed by atoms with Crippen molar-refractivity contribution < 1.29 is 4.79 Å². The van der Waals surface area contributed by atoms with Crippen LogP contribution in [0.3, 0.4) is 0 Å². The first-order valence-electron chi connectivity index (χ1n) is 9.24. The zero-order valence-electron chi connectivity index (χ0n) is 16.0. The molecule has 9 heteroatoms. The van der Waals surface area contributed by atoms with Crippen LogP contribution in [0.1, 0.15) is 25.3 Å². The first kappa shape index (κ1) is 22.4. The van der Waals surface area contributed by atoms with Gasteiger partial charge < -0.3 is 20.9 Å². The summed E-state index contributed by atoms with van der Waals surface area (Å²) in [5.41, 5.74) is 8.02. The summed E-state index contributed by atoms with van der Waals surface area (Å²) in [5, 5.41) is 5.97. The zero-order valence-corrected chi connectivity index (χ0v) is 19.2. The van der Waals surface area contributed by atoms with Crippen LogP contribution in [0.2, 0.25) is 0 Å². The number of rotatable bonds is 6. The largest absolute Gasteiger partial charge is 0.370 e. The summed E-state index contributed by atoms with van der Waals surface area (Å²) in [6, 6.07) is 7.76. The van der Waals surface area contributed by atoms with E-state index in [-0.39, 0.29) is 29.9 Å². The van der Waals surface area contributed by atoms with Crippen molar-refractivity contribution in [3.63, 3.8) is 0 Å². The van der Waals surface area contributed by atoms with Crippen LogP contribution in [-0.2, 0) is 11.3 Å². The van der Waals surface area contributed by atoms with Crippen LogP contribution in [-0.4, -0.2) is 47.9 Å². The molecule has 0 saturated carbocycles. The summed E-state index contributed by atoms with van der Waals surface area (Å²) in [6.45, 7) is 5.94. The average molecular weight is 514 g/mol. The van der Waals surface area contributed by atoms with E-state index in [1.807, 2.05) is 42.8 Å². The molecule has 1 amide bonds. The van der Waals surface area contributed by atoms with Gasteiger partial charge in [-0.1, -0.05) is 19.1 Å². The number of anilines is 2. The van der Waals surface area contributed by atoms with Gasteiger partial charge in [-0.3, -0.25) is 4.79 Å². The van der Waals surface area contributed by atoms with E-state index >= 15 is 0 Å². The molecule has 0 unspecified atom stereocenters. The third kappa shape index (κ3) is 6.33. The van der Waals surface area contributed by atoms with Gasteiger partial charge >= 0.3 is 0 Å². The lowest BCUT2D eigenvalue weighted by Gasteiger charge is -2.35. The Bertz CT molecular complexity index is 774.